The summed E-state index contributed by atoms with van der Waals surface area (Å²) >= 11 is 6.61. The first-order valence-electron chi connectivity index (χ1n) is 4.13. The molecule has 5 heteroatoms. The van der Waals surface area contributed by atoms with Gasteiger partial charge in [-0.3, -0.25) is 4.79 Å². The first-order chi connectivity index (χ1) is 7.06. The van der Waals surface area contributed by atoms with Gasteiger partial charge in [0.15, 0.2) is 0 Å². The molecule has 0 fully saturated rings. The molecule has 78 valence electrons. The molecule has 0 radical (unpaired) electrons. The number of amides is 1. The fraction of sp³-hybridized carbons (Fsp3) is 0.200. The predicted molar refractivity (Wildman–Crippen MR) is 64.4 cm³/mol. The van der Waals surface area contributed by atoms with E-state index < -0.39 is 0 Å². The van der Waals surface area contributed by atoms with Crippen LogP contribution in [0.15, 0.2) is 27.1 Å². The predicted octanol–water partition coefficient (Wildman–Crippen LogP) is 2.81. The Morgan fingerprint density at radius 2 is 2.20 bits per heavy atom. The number of hydrogen-bond acceptors (Lipinski definition) is 2. The van der Waals surface area contributed by atoms with E-state index in [9.17, 15) is 4.79 Å². The van der Waals surface area contributed by atoms with Crippen molar-refractivity contribution in [2.24, 2.45) is 0 Å². The van der Waals surface area contributed by atoms with Crippen molar-refractivity contribution in [3.05, 3.63) is 32.7 Å². The third-order valence-electron chi connectivity index (χ3n) is 1.82. The molecule has 0 bridgehead atoms. The van der Waals surface area contributed by atoms with Gasteiger partial charge in [-0.25, -0.2) is 0 Å². The fourth-order valence-electron chi connectivity index (χ4n) is 1.05. The average molecular weight is 332 g/mol. The highest BCUT2D eigenvalue weighted by Gasteiger charge is 2.14. The molecule has 0 atom stereocenters. The summed E-state index contributed by atoms with van der Waals surface area (Å²) in [5, 5.41) is 8.48. The van der Waals surface area contributed by atoms with Gasteiger partial charge in [-0.2, -0.15) is 5.26 Å². The fourth-order valence-corrected chi connectivity index (χ4v) is 2.26. The minimum Gasteiger partial charge on any atom is -0.328 e. The quantitative estimate of drug-likeness (QED) is 0.782. The van der Waals surface area contributed by atoms with Gasteiger partial charge >= 0.3 is 0 Å². The van der Waals surface area contributed by atoms with E-state index in [0.29, 0.717) is 10.0 Å². The highest BCUT2D eigenvalue weighted by molar-refractivity contribution is 9.11. The molecule has 0 unspecified atom stereocenters. The van der Waals surface area contributed by atoms with E-state index in [4.69, 9.17) is 5.26 Å². The van der Waals surface area contributed by atoms with Crippen molar-refractivity contribution < 1.29 is 4.79 Å². The number of nitrogens with zero attached hydrogens (tertiary/aromatic N) is 2. The van der Waals surface area contributed by atoms with Gasteiger partial charge in [0, 0.05) is 16.0 Å². The minimum atomic E-state index is -0.170. The lowest BCUT2D eigenvalue weighted by Gasteiger charge is -2.14. The summed E-state index contributed by atoms with van der Waals surface area (Å²) < 4.78 is 1.61. The van der Waals surface area contributed by atoms with Crippen LogP contribution >= 0.6 is 31.9 Å². The van der Waals surface area contributed by atoms with Gasteiger partial charge in [-0.15, -0.1) is 0 Å². The van der Waals surface area contributed by atoms with Crippen LogP contribution in [0.4, 0.5) is 0 Å². The number of hydrogen-bond donors (Lipinski definition) is 0. The number of rotatable bonds is 2. The monoisotopic (exact) mass is 330 g/mol. The van der Waals surface area contributed by atoms with Crippen molar-refractivity contribution >= 4 is 37.8 Å². The molecule has 0 heterocycles. The molecule has 1 aromatic rings. The van der Waals surface area contributed by atoms with E-state index in [0.717, 1.165) is 4.47 Å². The summed E-state index contributed by atoms with van der Waals surface area (Å²) in [7, 11) is 1.60. The summed E-state index contributed by atoms with van der Waals surface area (Å²) in [6.45, 7) is 0.0847. The van der Waals surface area contributed by atoms with Crippen LogP contribution < -0.4 is 0 Å². The molecule has 0 aliphatic carbocycles. The van der Waals surface area contributed by atoms with Crippen LogP contribution in [0.1, 0.15) is 10.4 Å². The molecule has 0 aliphatic heterocycles. The van der Waals surface area contributed by atoms with Gasteiger partial charge in [0.05, 0.1) is 11.6 Å². The second-order valence-corrected chi connectivity index (χ2v) is 4.71. The van der Waals surface area contributed by atoms with Crippen LogP contribution in [0.5, 0.6) is 0 Å². The molecule has 0 saturated carbocycles. The topological polar surface area (TPSA) is 44.1 Å². The zero-order valence-electron chi connectivity index (χ0n) is 8.00. The molecule has 0 N–H and O–H groups in total. The van der Waals surface area contributed by atoms with Gasteiger partial charge in [0.2, 0.25) is 0 Å². The molecule has 1 amide bonds. The standard InChI is InChI=1S/C10H8Br2N2O/c1-14(5-4-13)10(15)8-3-2-7(11)6-9(8)12/h2-3,6H,5H2,1H3. The number of halogens is 2. The maximum atomic E-state index is 11.8. The molecular weight excluding hydrogens is 324 g/mol. The van der Waals surface area contributed by atoms with Crippen molar-refractivity contribution in [2.75, 3.05) is 13.6 Å². The Hall–Kier alpha value is -0.860. The van der Waals surface area contributed by atoms with Crippen molar-refractivity contribution in [1.29, 1.82) is 5.26 Å². The van der Waals surface area contributed by atoms with Crippen LogP contribution in [0.25, 0.3) is 0 Å². The third-order valence-corrected chi connectivity index (χ3v) is 2.97. The molecule has 0 saturated heterocycles. The van der Waals surface area contributed by atoms with E-state index in [1.165, 1.54) is 4.90 Å². The normalized spacial score (nSPS) is 9.47. The Bertz CT molecular complexity index is 426. The van der Waals surface area contributed by atoms with Crippen LogP contribution in [0.3, 0.4) is 0 Å². The zero-order valence-corrected chi connectivity index (χ0v) is 11.2. The molecule has 15 heavy (non-hydrogen) atoms. The average Bonchev–Trinajstić information content (AvgIpc) is 2.17. The van der Waals surface area contributed by atoms with Crippen molar-refractivity contribution in [1.82, 2.24) is 4.90 Å². The highest BCUT2D eigenvalue weighted by Crippen LogP contribution is 2.22. The first-order valence-corrected chi connectivity index (χ1v) is 5.72. The Morgan fingerprint density at radius 1 is 1.53 bits per heavy atom. The summed E-state index contributed by atoms with van der Waals surface area (Å²) in [5.41, 5.74) is 0.552. The van der Waals surface area contributed by atoms with Gasteiger partial charge in [0.1, 0.15) is 6.54 Å². The molecule has 0 aliphatic rings. The second kappa shape index (κ2) is 5.29. The lowest BCUT2D eigenvalue weighted by atomic mass is 10.2. The van der Waals surface area contributed by atoms with Crippen LogP contribution in [0.2, 0.25) is 0 Å². The summed E-state index contributed by atoms with van der Waals surface area (Å²) in [6.07, 6.45) is 0. The highest BCUT2D eigenvalue weighted by atomic mass is 79.9. The van der Waals surface area contributed by atoms with E-state index >= 15 is 0 Å². The van der Waals surface area contributed by atoms with Crippen molar-refractivity contribution in [3.63, 3.8) is 0 Å². The molecular formula is C10H8Br2N2O. The first kappa shape index (κ1) is 12.2. The Labute approximate surface area is 105 Å². The number of benzene rings is 1. The SMILES string of the molecule is CN(CC#N)C(=O)c1ccc(Br)cc1Br. The molecule has 1 rings (SSSR count). The van der Waals surface area contributed by atoms with Gasteiger partial charge in [0.25, 0.3) is 5.91 Å². The Balaban J connectivity index is 2.97. The van der Waals surface area contributed by atoms with E-state index in [2.05, 4.69) is 31.9 Å². The van der Waals surface area contributed by atoms with Crippen molar-refractivity contribution in [2.45, 2.75) is 0 Å². The van der Waals surface area contributed by atoms with Crippen LogP contribution in [0, 0.1) is 11.3 Å². The number of nitriles is 1. The van der Waals surface area contributed by atoms with Crippen molar-refractivity contribution in [3.8, 4) is 6.07 Å². The lowest BCUT2D eigenvalue weighted by Crippen LogP contribution is -2.27. The van der Waals surface area contributed by atoms with E-state index in [-0.39, 0.29) is 12.5 Å². The van der Waals surface area contributed by atoms with Crippen LogP contribution in [-0.4, -0.2) is 24.4 Å². The maximum Gasteiger partial charge on any atom is 0.255 e. The summed E-state index contributed by atoms with van der Waals surface area (Å²) in [4.78, 5) is 13.2. The smallest absolute Gasteiger partial charge is 0.255 e. The summed E-state index contributed by atoms with van der Waals surface area (Å²) in [6, 6.07) is 7.23. The van der Waals surface area contributed by atoms with Crippen LogP contribution in [-0.2, 0) is 0 Å². The third kappa shape index (κ3) is 3.05. The second-order valence-electron chi connectivity index (χ2n) is 2.94. The zero-order chi connectivity index (χ0) is 11.4. The molecule has 0 spiro atoms. The van der Waals surface area contributed by atoms with Gasteiger partial charge in [-0.05, 0) is 34.1 Å². The lowest BCUT2D eigenvalue weighted by molar-refractivity contribution is 0.0811. The molecule has 3 nitrogen and oxygen atoms in total. The van der Waals surface area contributed by atoms with Gasteiger partial charge in [-0.1, -0.05) is 15.9 Å². The van der Waals surface area contributed by atoms with Gasteiger partial charge < -0.3 is 4.90 Å². The Morgan fingerprint density at radius 3 is 2.73 bits per heavy atom. The van der Waals surface area contributed by atoms with E-state index in [1.807, 2.05) is 6.07 Å². The van der Waals surface area contributed by atoms with E-state index in [1.54, 1.807) is 25.2 Å². The molecule has 0 aromatic heterocycles. The Kier molecular flexibility index (Phi) is 4.30. The maximum absolute atomic E-state index is 11.8. The number of carbonyl (C=O) groups is 1. The number of carbonyl (C=O) groups excluding carboxylic acids is 1. The summed E-state index contributed by atoms with van der Waals surface area (Å²) in [5.74, 6) is -0.170. The largest absolute Gasteiger partial charge is 0.328 e. The minimum absolute atomic E-state index is 0.0847. The molecule has 1 aromatic carbocycles.